The van der Waals surface area contributed by atoms with Gasteiger partial charge in [0.15, 0.2) is 0 Å². The van der Waals surface area contributed by atoms with E-state index in [9.17, 15) is 9.18 Å². The molecule has 0 aliphatic carbocycles. The van der Waals surface area contributed by atoms with Crippen LogP contribution in [0.15, 0.2) is 36.4 Å². The third kappa shape index (κ3) is 3.51. The van der Waals surface area contributed by atoms with E-state index < -0.39 is 5.97 Å². The van der Waals surface area contributed by atoms with Crippen molar-refractivity contribution in [2.75, 3.05) is 7.11 Å². The van der Waals surface area contributed by atoms with E-state index in [2.05, 4.69) is 0 Å². The third-order valence-corrected chi connectivity index (χ3v) is 3.04. The lowest BCUT2D eigenvalue weighted by atomic mass is 10.1. The summed E-state index contributed by atoms with van der Waals surface area (Å²) in [4.78, 5) is 11.1. The molecule has 0 radical (unpaired) electrons. The number of carbonyl (C=O) groups is 1. The molecule has 21 heavy (non-hydrogen) atoms. The second-order valence-corrected chi connectivity index (χ2v) is 4.54. The number of hydrogen-bond donors (Lipinski definition) is 1. The molecule has 0 amide bonds. The van der Waals surface area contributed by atoms with Crippen LogP contribution in [0.4, 0.5) is 4.39 Å². The molecule has 0 unspecified atom stereocenters. The molecular formula is C16H15FO4. The number of halogens is 1. The third-order valence-electron chi connectivity index (χ3n) is 3.04. The topological polar surface area (TPSA) is 55.8 Å². The van der Waals surface area contributed by atoms with E-state index in [4.69, 9.17) is 14.6 Å². The smallest absolute Gasteiger partial charge is 0.339 e. The van der Waals surface area contributed by atoms with Crippen molar-refractivity contribution in [1.82, 2.24) is 0 Å². The Bertz CT molecular complexity index is 667. The lowest BCUT2D eigenvalue weighted by Gasteiger charge is -2.11. The molecule has 2 aromatic rings. The summed E-state index contributed by atoms with van der Waals surface area (Å²) in [5, 5.41) is 9.12. The largest absolute Gasteiger partial charge is 0.496 e. The van der Waals surface area contributed by atoms with Crippen LogP contribution in [0.1, 0.15) is 21.5 Å². The minimum absolute atomic E-state index is 0.0644. The summed E-state index contributed by atoms with van der Waals surface area (Å²) in [5.74, 6) is -0.733. The summed E-state index contributed by atoms with van der Waals surface area (Å²) < 4.78 is 23.7. The van der Waals surface area contributed by atoms with Crippen molar-refractivity contribution < 1.29 is 23.8 Å². The molecule has 0 heterocycles. The first-order chi connectivity index (χ1) is 10.0. The molecule has 0 saturated carbocycles. The number of rotatable bonds is 5. The zero-order valence-corrected chi connectivity index (χ0v) is 11.7. The number of hydrogen-bond acceptors (Lipinski definition) is 3. The fourth-order valence-corrected chi connectivity index (χ4v) is 1.90. The zero-order valence-electron chi connectivity index (χ0n) is 11.7. The number of aryl methyl sites for hydroxylation is 1. The summed E-state index contributed by atoms with van der Waals surface area (Å²) in [7, 11) is 1.41. The highest BCUT2D eigenvalue weighted by molar-refractivity contribution is 5.91. The fourth-order valence-electron chi connectivity index (χ4n) is 1.90. The Kier molecular flexibility index (Phi) is 4.42. The number of benzene rings is 2. The van der Waals surface area contributed by atoms with Gasteiger partial charge in [-0.25, -0.2) is 9.18 Å². The Morgan fingerprint density at radius 3 is 2.62 bits per heavy atom. The molecule has 5 heteroatoms. The second kappa shape index (κ2) is 6.26. The lowest BCUT2D eigenvalue weighted by molar-refractivity contribution is 0.0693. The molecule has 110 valence electrons. The van der Waals surface area contributed by atoms with Crippen LogP contribution in [0.3, 0.4) is 0 Å². The molecule has 1 N–H and O–H groups in total. The van der Waals surface area contributed by atoms with Crippen molar-refractivity contribution in [2.45, 2.75) is 13.5 Å². The predicted octanol–water partition coefficient (Wildman–Crippen LogP) is 3.42. The average Bonchev–Trinajstić information content (AvgIpc) is 2.47. The maximum Gasteiger partial charge on any atom is 0.339 e. The molecule has 2 rings (SSSR count). The quantitative estimate of drug-likeness (QED) is 0.916. The Morgan fingerprint density at radius 2 is 1.95 bits per heavy atom. The molecule has 0 saturated heterocycles. The Balaban J connectivity index is 2.18. The van der Waals surface area contributed by atoms with Crippen molar-refractivity contribution in [3.63, 3.8) is 0 Å². The van der Waals surface area contributed by atoms with Gasteiger partial charge < -0.3 is 14.6 Å². The summed E-state index contributed by atoms with van der Waals surface area (Å²) in [6.07, 6.45) is 0. The molecule has 0 atom stereocenters. The van der Waals surface area contributed by atoms with Crippen LogP contribution >= 0.6 is 0 Å². The van der Waals surface area contributed by atoms with E-state index >= 15 is 0 Å². The van der Waals surface area contributed by atoms with Crippen molar-refractivity contribution in [3.8, 4) is 11.5 Å². The normalized spacial score (nSPS) is 10.2. The van der Waals surface area contributed by atoms with Crippen LogP contribution in [-0.4, -0.2) is 18.2 Å². The van der Waals surface area contributed by atoms with Gasteiger partial charge in [-0.1, -0.05) is 12.1 Å². The van der Waals surface area contributed by atoms with Crippen molar-refractivity contribution in [1.29, 1.82) is 0 Å². The van der Waals surface area contributed by atoms with Gasteiger partial charge in [0, 0.05) is 6.07 Å². The first-order valence-corrected chi connectivity index (χ1v) is 6.30. The number of aromatic carboxylic acids is 1. The molecule has 4 nitrogen and oxygen atoms in total. The number of carboxylic acid groups (broad SMARTS) is 1. The first-order valence-electron chi connectivity index (χ1n) is 6.30. The molecular weight excluding hydrogens is 275 g/mol. The molecule has 2 aromatic carbocycles. The van der Waals surface area contributed by atoms with Crippen LogP contribution in [0.2, 0.25) is 0 Å². The van der Waals surface area contributed by atoms with E-state index in [1.54, 1.807) is 18.2 Å². The van der Waals surface area contributed by atoms with Crippen LogP contribution in [0.5, 0.6) is 11.5 Å². The molecule has 0 aromatic heterocycles. The first kappa shape index (κ1) is 14.8. The highest BCUT2D eigenvalue weighted by Crippen LogP contribution is 2.23. The minimum Gasteiger partial charge on any atom is -0.496 e. The standard InChI is InChI=1S/C16H15FO4/c1-10-3-5-12(17)8-15(10)21-9-11-4-6-14(20-2)13(7-11)16(18)19/h3-8H,9H2,1-2H3,(H,18,19). The summed E-state index contributed by atoms with van der Waals surface area (Å²) >= 11 is 0. The van der Waals surface area contributed by atoms with Gasteiger partial charge in [0.1, 0.15) is 29.5 Å². The highest BCUT2D eigenvalue weighted by Gasteiger charge is 2.12. The van der Waals surface area contributed by atoms with E-state index in [-0.39, 0.29) is 23.7 Å². The van der Waals surface area contributed by atoms with Gasteiger partial charge in [-0.3, -0.25) is 0 Å². The fraction of sp³-hybridized carbons (Fsp3) is 0.188. The molecule has 0 aliphatic rings. The summed E-state index contributed by atoms with van der Waals surface area (Å²) in [6.45, 7) is 1.96. The Morgan fingerprint density at radius 1 is 1.19 bits per heavy atom. The Labute approximate surface area is 121 Å². The van der Waals surface area contributed by atoms with E-state index in [1.807, 2.05) is 6.92 Å². The monoisotopic (exact) mass is 290 g/mol. The van der Waals surface area contributed by atoms with Crippen molar-refractivity contribution in [2.24, 2.45) is 0 Å². The van der Waals surface area contributed by atoms with Gasteiger partial charge in [-0.05, 0) is 36.2 Å². The van der Waals surface area contributed by atoms with Gasteiger partial charge in [0.05, 0.1) is 7.11 Å². The van der Waals surface area contributed by atoms with Crippen LogP contribution < -0.4 is 9.47 Å². The molecule has 0 aliphatic heterocycles. The lowest BCUT2D eigenvalue weighted by Crippen LogP contribution is -2.04. The zero-order chi connectivity index (χ0) is 15.4. The van der Waals surface area contributed by atoms with Gasteiger partial charge in [-0.15, -0.1) is 0 Å². The maximum absolute atomic E-state index is 13.2. The summed E-state index contributed by atoms with van der Waals surface area (Å²) in [5.41, 5.74) is 1.54. The second-order valence-electron chi connectivity index (χ2n) is 4.54. The van der Waals surface area contributed by atoms with E-state index in [1.165, 1.54) is 25.3 Å². The van der Waals surface area contributed by atoms with Gasteiger partial charge >= 0.3 is 5.97 Å². The van der Waals surface area contributed by atoms with Gasteiger partial charge in [0.2, 0.25) is 0 Å². The van der Waals surface area contributed by atoms with Crippen LogP contribution in [0.25, 0.3) is 0 Å². The number of carboxylic acids is 1. The number of ether oxygens (including phenoxy) is 2. The molecule has 0 bridgehead atoms. The Hall–Kier alpha value is -2.56. The summed E-state index contributed by atoms with van der Waals surface area (Å²) in [6, 6.07) is 9.05. The van der Waals surface area contributed by atoms with E-state index in [0.717, 1.165) is 5.56 Å². The van der Waals surface area contributed by atoms with Crippen molar-refractivity contribution >= 4 is 5.97 Å². The van der Waals surface area contributed by atoms with Gasteiger partial charge in [0.25, 0.3) is 0 Å². The van der Waals surface area contributed by atoms with Crippen LogP contribution in [-0.2, 0) is 6.61 Å². The minimum atomic E-state index is -1.07. The molecule has 0 spiro atoms. The number of methoxy groups -OCH3 is 1. The van der Waals surface area contributed by atoms with Crippen molar-refractivity contribution in [3.05, 3.63) is 58.9 Å². The van der Waals surface area contributed by atoms with Gasteiger partial charge in [-0.2, -0.15) is 0 Å². The maximum atomic E-state index is 13.2. The molecule has 0 fully saturated rings. The predicted molar refractivity (Wildman–Crippen MR) is 75.4 cm³/mol. The van der Waals surface area contributed by atoms with E-state index in [0.29, 0.717) is 11.3 Å². The van der Waals surface area contributed by atoms with Crippen LogP contribution in [0, 0.1) is 12.7 Å². The average molecular weight is 290 g/mol. The SMILES string of the molecule is COc1ccc(COc2cc(F)ccc2C)cc1C(=O)O. The highest BCUT2D eigenvalue weighted by atomic mass is 19.1.